The lowest BCUT2D eigenvalue weighted by atomic mass is 9.89. The Morgan fingerprint density at radius 1 is 1.28 bits per heavy atom. The van der Waals surface area contributed by atoms with Crippen molar-refractivity contribution in [2.24, 2.45) is 0 Å². The van der Waals surface area contributed by atoms with Gasteiger partial charge in [-0.25, -0.2) is 9.78 Å². The fourth-order valence-corrected chi connectivity index (χ4v) is 4.74. The molecule has 0 spiro atoms. The Hall–Kier alpha value is -2.62. The summed E-state index contributed by atoms with van der Waals surface area (Å²) in [6, 6.07) is 3.37. The van der Waals surface area contributed by atoms with Crippen LogP contribution in [0.15, 0.2) is 22.1 Å². The first-order valence-corrected chi connectivity index (χ1v) is 11.3. The quantitative estimate of drug-likeness (QED) is 0.530. The maximum atomic E-state index is 13.3. The first kappa shape index (κ1) is 22.6. The molecule has 4 rings (SSSR count). The largest absolute Gasteiger partial charge is 0.488 e. The molecular formula is C22H23ClN2O6S. The Bertz CT molecular complexity index is 1160. The van der Waals surface area contributed by atoms with Crippen LogP contribution >= 0.6 is 22.9 Å². The monoisotopic (exact) mass is 478 g/mol. The van der Waals surface area contributed by atoms with Gasteiger partial charge in [0.25, 0.3) is 5.91 Å². The molecule has 2 aromatic heterocycles. The number of halogens is 1. The Morgan fingerprint density at radius 3 is 2.69 bits per heavy atom. The van der Waals surface area contributed by atoms with Gasteiger partial charge >= 0.3 is 5.97 Å². The molecule has 0 aliphatic carbocycles. The van der Waals surface area contributed by atoms with Crippen LogP contribution in [0, 0.1) is 13.8 Å². The van der Waals surface area contributed by atoms with E-state index in [-0.39, 0.29) is 0 Å². The van der Waals surface area contributed by atoms with Gasteiger partial charge in [-0.2, -0.15) is 0 Å². The number of carbonyl (C=O) groups excluding carboxylic acids is 2. The molecule has 8 nitrogen and oxygen atoms in total. The maximum Gasteiger partial charge on any atom is 0.331 e. The lowest BCUT2D eigenvalue weighted by Crippen LogP contribution is -2.58. The third-order valence-electron chi connectivity index (χ3n) is 5.61. The van der Waals surface area contributed by atoms with Crippen molar-refractivity contribution in [3.05, 3.63) is 44.6 Å². The fraction of sp³-hybridized carbons (Fsp3) is 0.409. The predicted octanol–water partition coefficient (Wildman–Crippen LogP) is 4.19. The molecule has 0 bridgehead atoms. The summed E-state index contributed by atoms with van der Waals surface area (Å²) in [4.78, 5) is 31.1. The summed E-state index contributed by atoms with van der Waals surface area (Å²) in [5.74, 6) is -0.0533. The maximum absolute atomic E-state index is 13.3. The average molecular weight is 479 g/mol. The van der Waals surface area contributed by atoms with Gasteiger partial charge in [-0.3, -0.25) is 4.79 Å². The zero-order valence-corrected chi connectivity index (χ0v) is 19.5. The van der Waals surface area contributed by atoms with Crippen LogP contribution in [-0.4, -0.2) is 42.7 Å². The molecule has 1 aliphatic rings. The van der Waals surface area contributed by atoms with Crippen molar-refractivity contribution in [1.82, 2.24) is 10.3 Å². The fourth-order valence-electron chi connectivity index (χ4n) is 3.81. The molecule has 0 atom stereocenters. The summed E-state index contributed by atoms with van der Waals surface area (Å²) >= 11 is 7.94. The number of hydrogen-bond acceptors (Lipinski definition) is 8. The van der Waals surface area contributed by atoms with Crippen LogP contribution in [0.2, 0.25) is 5.02 Å². The number of rotatable bonds is 6. The van der Waals surface area contributed by atoms with Crippen LogP contribution in [0.4, 0.5) is 0 Å². The SMILES string of the molecule is COC(=O)C1(NC(=O)c2c(C)oc3c(Cl)cc(OCc4scnc4C)cc23)CCOCC1. The van der Waals surface area contributed by atoms with Gasteiger partial charge in [0.05, 0.1) is 33.8 Å². The highest BCUT2D eigenvalue weighted by molar-refractivity contribution is 7.09. The summed E-state index contributed by atoms with van der Waals surface area (Å²) in [7, 11) is 1.30. The normalized spacial score (nSPS) is 15.5. The number of fused-ring (bicyclic) bond motifs is 1. The Labute approximate surface area is 193 Å². The van der Waals surface area contributed by atoms with Gasteiger partial charge in [-0.05, 0) is 19.9 Å². The van der Waals surface area contributed by atoms with Crippen molar-refractivity contribution in [1.29, 1.82) is 0 Å². The number of benzene rings is 1. The number of nitrogens with zero attached hydrogens (tertiary/aromatic N) is 1. The Balaban J connectivity index is 1.66. The van der Waals surface area contributed by atoms with Gasteiger partial charge in [-0.1, -0.05) is 11.6 Å². The van der Waals surface area contributed by atoms with E-state index in [1.165, 1.54) is 18.4 Å². The molecule has 10 heteroatoms. The second-order valence-electron chi connectivity index (χ2n) is 7.60. The number of carbonyl (C=O) groups is 2. The minimum absolute atomic E-state index is 0.302. The Kier molecular flexibility index (Phi) is 6.41. The lowest BCUT2D eigenvalue weighted by Gasteiger charge is -2.35. The molecule has 1 saturated heterocycles. The van der Waals surface area contributed by atoms with Crippen LogP contribution in [0.3, 0.4) is 0 Å². The third-order valence-corrected chi connectivity index (χ3v) is 6.80. The van der Waals surface area contributed by atoms with Crippen molar-refractivity contribution >= 4 is 45.8 Å². The summed E-state index contributed by atoms with van der Waals surface area (Å²) in [5.41, 5.74) is 2.21. The number of furan rings is 1. The van der Waals surface area contributed by atoms with Gasteiger partial charge < -0.3 is 23.9 Å². The zero-order valence-electron chi connectivity index (χ0n) is 18.0. The minimum atomic E-state index is -1.15. The van der Waals surface area contributed by atoms with Crippen LogP contribution < -0.4 is 10.1 Å². The topological polar surface area (TPSA) is 99.9 Å². The van der Waals surface area contributed by atoms with E-state index >= 15 is 0 Å². The zero-order chi connectivity index (χ0) is 22.9. The number of esters is 1. The number of nitrogens with one attached hydrogen (secondary N) is 1. The molecule has 32 heavy (non-hydrogen) atoms. The molecule has 0 unspecified atom stereocenters. The van der Waals surface area contributed by atoms with E-state index in [0.29, 0.717) is 65.7 Å². The lowest BCUT2D eigenvalue weighted by molar-refractivity contribution is -0.152. The molecule has 170 valence electrons. The highest BCUT2D eigenvalue weighted by atomic mass is 35.5. The highest BCUT2D eigenvalue weighted by Gasteiger charge is 2.43. The molecule has 0 saturated carbocycles. The molecular weight excluding hydrogens is 456 g/mol. The van der Waals surface area contributed by atoms with E-state index in [0.717, 1.165) is 10.6 Å². The van der Waals surface area contributed by atoms with Gasteiger partial charge in [0, 0.05) is 37.5 Å². The first-order chi connectivity index (χ1) is 15.3. The highest BCUT2D eigenvalue weighted by Crippen LogP contribution is 2.36. The summed E-state index contributed by atoms with van der Waals surface area (Å²) in [6.07, 6.45) is 0.646. The van der Waals surface area contributed by atoms with E-state index in [9.17, 15) is 9.59 Å². The van der Waals surface area contributed by atoms with E-state index in [1.807, 2.05) is 6.92 Å². The molecule has 3 heterocycles. The minimum Gasteiger partial charge on any atom is -0.488 e. The van der Waals surface area contributed by atoms with Crippen LogP contribution in [0.25, 0.3) is 11.0 Å². The second-order valence-corrected chi connectivity index (χ2v) is 8.95. The molecule has 3 aromatic rings. The van der Waals surface area contributed by atoms with Crippen LogP contribution in [0.5, 0.6) is 5.75 Å². The second kappa shape index (κ2) is 9.09. The van der Waals surface area contributed by atoms with E-state index in [1.54, 1.807) is 24.6 Å². The van der Waals surface area contributed by atoms with Gasteiger partial charge in [0.2, 0.25) is 0 Å². The van der Waals surface area contributed by atoms with Crippen molar-refractivity contribution in [3.8, 4) is 5.75 Å². The number of aromatic nitrogens is 1. The van der Waals surface area contributed by atoms with Gasteiger partial charge in [0.15, 0.2) is 5.58 Å². The number of hydrogen-bond donors (Lipinski definition) is 1. The molecule has 0 radical (unpaired) electrons. The summed E-state index contributed by atoms with van der Waals surface area (Å²) in [6.45, 7) is 4.63. The van der Waals surface area contributed by atoms with E-state index < -0.39 is 17.4 Å². The van der Waals surface area contributed by atoms with Crippen molar-refractivity contribution in [3.63, 3.8) is 0 Å². The Morgan fingerprint density at radius 2 is 2.03 bits per heavy atom. The number of amides is 1. The number of aryl methyl sites for hydroxylation is 2. The van der Waals surface area contributed by atoms with Gasteiger partial charge in [-0.15, -0.1) is 11.3 Å². The predicted molar refractivity (Wildman–Crippen MR) is 119 cm³/mol. The van der Waals surface area contributed by atoms with E-state index in [4.69, 9.17) is 30.2 Å². The molecule has 1 N–H and O–H groups in total. The molecule has 1 aliphatic heterocycles. The summed E-state index contributed by atoms with van der Waals surface area (Å²) < 4.78 is 22.0. The third kappa shape index (κ3) is 4.20. The van der Waals surface area contributed by atoms with E-state index in [2.05, 4.69) is 10.3 Å². The number of methoxy groups -OCH3 is 1. The average Bonchev–Trinajstić information content (AvgIpc) is 3.34. The van der Waals surface area contributed by atoms with Crippen LogP contribution in [0.1, 0.15) is 39.5 Å². The summed E-state index contributed by atoms with van der Waals surface area (Å²) in [5, 5.41) is 3.71. The van der Waals surface area contributed by atoms with Gasteiger partial charge in [0.1, 0.15) is 23.7 Å². The van der Waals surface area contributed by atoms with Crippen molar-refractivity contribution in [2.45, 2.75) is 38.8 Å². The van der Waals surface area contributed by atoms with Crippen molar-refractivity contribution < 1.29 is 28.2 Å². The molecule has 1 aromatic carbocycles. The number of ether oxygens (including phenoxy) is 3. The smallest absolute Gasteiger partial charge is 0.331 e. The first-order valence-electron chi connectivity index (χ1n) is 10.1. The van der Waals surface area contributed by atoms with Crippen LogP contribution in [-0.2, 0) is 20.9 Å². The number of thiazole rings is 1. The van der Waals surface area contributed by atoms with Crippen molar-refractivity contribution in [2.75, 3.05) is 20.3 Å². The standard InChI is InChI=1S/C22H23ClN2O6S/c1-12-17(32-11-24-12)10-30-14-8-15-18(13(2)31-19(15)16(23)9-14)20(26)25-22(21(27)28-3)4-6-29-7-5-22/h8-9,11H,4-7,10H2,1-3H3,(H,25,26). The molecule has 1 fully saturated rings. The molecule has 1 amide bonds.